The van der Waals surface area contributed by atoms with E-state index in [1.165, 1.54) is 17.4 Å². The number of fused-ring (bicyclic) bond motifs is 1. The van der Waals surface area contributed by atoms with E-state index >= 15 is 0 Å². The largest absolute Gasteiger partial charge is 0.469 e. The number of aryl methyl sites for hydroxylation is 2. The molecule has 1 aromatic heterocycles. The van der Waals surface area contributed by atoms with E-state index in [1.807, 2.05) is 6.92 Å². The van der Waals surface area contributed by atoms with Crippen molar-refractivity contribution in [1.29, 1.82) is 0 Å². The Morgan fingerprint density at radius 3 is 2.54 bits per heavy atom. The van der Waals surface area contributed by atoms with Crippen LogP contribution in [-0.4, -0.2) is 21.9 Å². The zero-order valence-electron chi connectivity index (χ0n) is 14.3. The Hall–Kier alpha value is -0.960. The van der Waals surface area contributed by atoms with Gasteiger partial charge in [0.05, 0.1) is 12.2 Å². The summed E-state index contributed by atoms with van der Waals surface area (Å²) < 4.78 is 54.3. The van der Waals surface area contributed by atoms with Crippen LogP contribution in [0.2, 0.25) is 0 Å². The molecule has 10 heteroatoms. The number of alkyl halides is 3. The standard InChI is InChI=1S/C16H21F3NO4PS/c1-10-12(4-3-7-15(2,20)9-24-25(21,22)23)13-6-5-11(16(17,18)19)8-14(13)26-10/h5-6,8H,3-4,7,9,20H2,1-2H3,(H2,21,22,23)/t15-/m0/s1. The van der Waals surface area contributed by atoms with E-state index in [-0.39, 0.29) is 6.61 Å². The van der Waals surface area contributed by atoms with Crippen molar-refractivity contribution in [3.05, 3.63) is 34.2 Å². The van der Waals surface area contributed by atoms with Crippen LogP contribution in [0.5, 0.6) is 0 Å². The fraction of sp³-hybridized carbons (Fsp3) is 0.500. The molecule has 2 aromatic rings. The van der Waals surface area contributed by atoms with E-state index in [0.29, 0.717) is 24.0 Å². The summed E-state index contributed by atoms with van der Waals surface area (Å²) in [6.07, 6.45) is -2.69. The molecule has 26 heavy (non-hydrogen) atoms. The van der Waals surface area contributed by atoms with E-state index in [4.69, 9.17) is 15.5 Å². The van der Waals surface area contributed by atoms with Crippen LogP contribution in [0, 0.1) is 6.92 Å². The molecule has 4 N–H and O–H groups in total. The lowest BCUT2D eigenvalue weighted by Crippen LogP contribution is -2.40. The van der Waals surface area contributed by atoms with Crippen LogP contribution in [0.25, 0.3) is 10.1 Å². The maximum absolute atomic E-state index is 12.8. The minimum atomic E-state index is -4.57. The molecular formula is C16H21F3NO4PS. The number of hydrogen-bond acceptors (Lipinski definition) is 4. The third-order valence-electron chi connectivity index (χ3n) is 4.06. The van der Waals surface area contributed by atoms with Gasteiger partial charge in [-0.05, 0) is 56.2 Å². The first-order chi connectivity index (χ1) is 11.8. The topological polar surface area (TPSA) is 92.8 Å². The van der Waals surface area contributed by atoms with Crippen LogP contribution in [0.1, 0.15) is 35.8 Å². The molecule has 0 fully saturated rings. The van der Waals surface area contributed by atoms with Gasteiger partial charge >= 0.3 is 14.0 Å². The summed E-state index contributed by atoms with van der Waals surface area (Å²) >= 11 is 1.32. The monoisotopic (exact) mass is 411 g/mol. The Kier molecular flexibility index (Phi) is 6.22. The molecule has 1 atom stereocenters. The summed E-state index contributed by atoms with van der Waals surface area (Å²) in [7, 11) is -4.57. The second-order valence-corrected chi connectivity index (χ2v) is 9.11. The van der Waals surface area contributed by atoms with Crippen LogP contribution >= 0.6 is 19.2 Å². The molecule has 0 aliphatic rings. The molecule has 2 rings (SSSR count). The number of phosphoric ester groups is 1. The lowest BCUT2D eigenvalue weighted by Gasteiger charge is -2.24. The average Bonchev–Trinajstić information content (AvgIpc) is 2.79. The maximum Gasteiger partial charge on any atom is 0.469 e. The number of halogens is 3. The van der Waals surface area contributed by atoms with Gasteiger partial charge in [0, 0.05) is 15.1 Å². The molecule has 0 spiro atoms. The molecule has 146 valence electrons. The van der Waals surface area contributed by atoms with Gasteiger partial charge in [0.15, 0.2) is 0 Å². The summed E-state index contributed by atoms with van der Waals surface area (Å²) in [6.45, 7) is 3.22. The second-order valence-electron chi connectivity index (χ2n) is 6.62. The molecule has 5 nitrogen and oxygen atoms in total. The second kappa shape index (κ2) is 7.58. The minimum Gasteiger partial charge on any atom is -0.323 e. The fourth-order valence-corrected chi connectivity index (χ4v) is 4.35. The van der Waals surface area contributed by atoms with Crippen molar-refractivity contribution in [2.24, 2.45) is 5.73 Å². The summed E-state index contributed by atoms with van der Waals surface area (Å²) in [5, 5.41) is 0.797. The summed E-state index contributed by atoms with van der Waals surface area (Å²) in [6, 6.07) is 3.74. The molecule has 0 saturated heterocycles. The van der Waals surface area contributed by atoms with Crippen LogP contribution in [0.4, 0.5) is 13.2 Å². The molecule has 0 amide bonds. The number of rotatable bonds is 7. The van der Waals surface area contributed by atoms with Crippen molar-refractivity contribution >= 4 is 29.2 Å². The Labute approximate surface area is 153 Å². The van der Waals surface area contributed by atoms with Crippen molar-refractivity contribution in [2.75, 3.05) is 6.61 Å². The van der Waals surface area contributed by atoms with Gasteiger partial charge in [-0.25, -0.2) is 4.57 Å². The minimum absolute atomic E-state index is 0.282. The Morgan fingerprint density at radius 2 is 1.96 bits per heavy atom. The zero-order chi connectivity index (χ0) is 19.8. The Morgan fingerprint density at radius 1 is 1.31 bits per heavy atom. The molecular weight excluding hydrogens is 390 g/mol. The molecule has 0 aliphatic carbocycles. The highest BCUT2D eigenvalue weighted by Crippen LogP contribution is 2.38. The molecule has 0 aliphatic heterocycles. The van der Waals surface area contributed by atoms with E-state index in [0.717, 1.165) is 28.0 Å². The predicted octanol–water partition coefficient (Wildman–Crippen LogP) is 4.38. The van der Waals surface area contributed by atoms with Crippen molar-refractivity contribution in [3.8, 4) is 0 Å². The van der Waals surface area contributed by atoms with E-state index in [1.54, 1.807) is 6.92 Å². The van der Waals surface area contributed by atoms with Crippen LogP contribution in [-0.2, 0) is 21.7 Å². The highest BCUT2D eigenvalue weighted by atomic mass is 32.1. The fourth-order valence-electron chi connectivity index (χ4n) is 2.73. The summed E-state index contributed by atoms with van der Waals surface area (Å²) in [4.78, 5) is 18.4. The van der Waals surface area contributed by atoms with Gasteiger partial charge in [0.1, 0.15) is 0 Å². The number of phosphoric acid groups is 1. The number of benzene rings is 1. The van der Waals surface area contributed by atoms with Crippen molar-refractivity contribution in [3.63, 3.8) is 0 Å². The van der Waals surface area contributed by atoms with E-state index in [9.17, 15) is 17.7 Å². The first-order valence-corrected chi connectivity index (χ1v) is 10.2. The molecule has 0 saturated carbocycles. The van der Waals surface area contributed by atoms with Crippen molar-refractivity contribution in [1.82, 2.24) is 0 Å². The summed E-state index contributed by atoms with van der Waals surface area (Å²) in [5.74, 6) is 0. The van der Waals surface area contributed by atoms with Crippen molar-refractivity contribution in [2.45, 2.75) is 44.8 Å². The molecule has 0 bridgehead atoms. The van der Waals surface area contributed by atoms with Crippen LogP contribution in [0.15, 0.2) is 18.2 Å². The van der Waals surface area contributed by atoms with Crippen molar-refractivity contribution < 1.29 is 32.0 Å². The van der Waals surface area contributed by atoms with Gasteiger partial charge in [-0.3, -0.25) is 4.52 Å². The zero-order valence-corrected chi connectivity index (χ0v) is 16.0. The highest BCUT2D eigenvalue weighted by molar-refractivity contribution is 7.46. The molecule has 1 aromatic carbocycles. The number of nitrogens with two attached hydrogens (primary N) is 1. The molecule has 0 radical (unpaired) electrons. The maximum atomic E-state index is 12.8. The summed E-state index contributed by atoms with van der Waals surface area (Å²) in [5.41, 5.74) is 5.39. The van der Waals surface area contributed by atoms with Gasteiger partial charge < -0.3 is 15.5 Å². The van der Waals surface area contributed by atoms with Gasteiger partial charge in [-0.1, -0.05) is 6.07 Å². The predicted molar refractivity (Wildman–Crippen MR) is 95.1 cm³/mol. The first-order valence-electron chi connectivity index (χ1n) is 7.87. The third-order valence-corrected chi connectivity index (χ3v) is 5.63. The van der Waals surface area contributed by atoms with E-state index in [2.05, 4.69) is 4.52 Å². The van der Waals surface area contributed by atoms with Crippen LogP contribution < -0.4 is 5.73 Å². The highest BCUT2D eigenvalue weighted by Gasteiger charge is 2.31. The third kappa shape index (κ3) is 5.77. The van der Waals surface area contributed by atoms with E-state index < -0.39 is 25.1 Å². The lowest BCUT2D eigenvalue weighted by atomic mass is 9.94. The van der Waals surface area contributed by atoms with Gasteiger partial charge in [0.25, 0.3) is 0 Å². The van der Waals surface area contributed by atoms with Gasteiger partial charge in [-0.2, -0.15) is 13.2 Å². The average molecular weight is 411 g/mol. The van der Waals surface area contributed by atoms with Crippen LogP contribution in [0.3, 0.4) is 0 Å². The van der Waals surface area contributed by atoms with Gasteiger partial charge in [-0.15, -0.1) is 11.3 Å². The Balaban J connectivity index is 2.07. The SMILES string of the molecule is Cc1sc2cc(C(F)(F)F)ccc2c1CCC[C@](C)(N)COP(=O)(O)O. The first kappa shape index (κ1) is 21.3. The number of thiophene rings is 1. The Bertz CT molecular complexity index is 829. The molecule has 0 unspecified atom stereocenters. The quantitative estimate of drug-likeness (QED) is 0.588. The molecule has 1 heterocycles. The normalized spacial score (nSPS) is 15.4. The lowest BCUT2D eigenvalue weighted by molar-refractivity contribution is -0.137. The van der Waals surface area contributed by atoms with Gasteiger partial charge in [0.2, 0.25) is 0 Å². The number of hydrogen-bond donors (Lipinski definition) is 3. The smallest absolute Gasteiger partial charge is 0.323 e.